The predicted octanol–water partition coefficient (Wildman–Crippen LogP) is 4.61. The highest BCUT2D eigenvalue weighted by Gasteiger charge is 2.27. The maximum absolute atomic E-state index is 15.5. The molecule has 3 aromatic carbocycles. The molecular formula is C30H27F2N5O3. The number of amides is 1. The zero-order chi connectivity index (χ0) is 27.6. The Morgan fingerprint density at radius 3 is 2.67 bits per heavy atom. The van der Waals surface area contributed by atoms with E-state index >= 15 is 4.39 Å². The van der Waals surface area contributed by atoms with Crippen LogP contribution >= 0.6 is 0 Å². The van der Waals surface area contributed by atoms with Gasteiger partial charge in [-0.3, -0.25) is 25.2 Å². The number of carbonyl (C=O) groups excluding carboxylic acids is 1. The number of aromatic nitrogens is 1. The third kappa shape index (κ3) is 4.71. The minimum atomic E-state index is -0.595. The molecule has 204 valence electrons. The monoisotopic (exact) mass is 543 g/mol. The van der Waals surface area contributed by atoms with Crippen LogP contribution in [0.4, 0.5) is 20.2 Å². The van der Waals surface area contributed by atoms with E-state index in [0.29, 0.717) is 72.9 Å². The summed E-state index contributed by atoms with van der Waals surface area (Å²) >= 11 is 0. The fraction of sp³-hybridized carbons (Fsp3) is 0.233. The number of hydrogen-bond donors (Lipinski definition) is 1. The first-order chi connectivity index (χ1) is 19.5. The molecule has 0 saturated carbocycles. The highest BCUT2D eigenvalue weighted by atomic mass is 19.1. The Balaban J connectivity index is 1.47. The second-order valence-electron chi connectivity index (χ2n) is 9.47. The van der Waals surface area contributed by atoms with Gasteiger partial charge in [-0.05, 0) is 24.3 Å². The number of carbonyl (C=O) groups is 1. The van der Waals surface area contributed by atoms with Crippen LogP contribution in [0.25, 0.3) is 22.0 Å². The number of hydrogen-bond acceptors (Lipinski definition) is 7. The van der Waals surface area contributed by atoms with Gasteiger partial charge in [0.15, 0.2) is 0 Å². The first-order valence-corrected chi connectivity index (χ1v) is 13.0. The highest BCUT2D eigenvalue weighted by Crippen LogP contribution is 2.37. The molecule has 0 radical (unpaired) electrons. The van der Waals surface area contributed by atoms with E-state index in [1.54, 1.807) is 17.1 Å². The fourth-order valence-electron chi connectivity index (χ4n) is 5.23. The molecule has 0 spiro atoms. The van der Waals surface area contributed by atoms with Crippen LogP contribution in [-0.4, -0.2) is 63.6 Å². The average Bonchev–Trinajstić information content (AvgIpc) is 2.98. The molecule has 40 heavy (non-hydrogen) atoms. The summed E-state index contributed by atoms with van der Waals surface area (Å²) in [6.07, 6.45) is 2.79. The maximum Gasteiger partial charge on any atom is 0.273 e. The summed E-state index contributed by atoms with van der Waals surface area (Å²) in [6.45, 7) is 3.03. The van der Waals surface area contributed by atoms with E-state index in [-0.39, 0.29) is 17.0 Å². The molecule has 1 fully saturated rings. The molecule has 2 aliphatic rings. The lowest BCUT2D eigenvalue weighted by molar-refractivity contribution is 0.0943. The van der Waals surface area contributed by atoms with Crippen molar-refractivity contribution >= 4 is 34.4 Å². The third-order valence-electron chi connectivity index (χ3n) is 7.03. The number of nitrogens with one attached hydrogen (secondary N) is 1. The molecule has 8 nitrogen and oxygen atoms in total. The van der Waals surface area contributed by atoms with E-state index in [4.69, 9.17) is 9.47 Å². The summed E-state index contributed by atoms with van der Waals surface area (Å²) in [6, 6.07) is 15.1. The van der Waals surface area contributed by atoms with Gasteiger partial charge in [-0.1, -0.05) is 30.3 Å². The van der Waals surface area contributed by atoms with E-state index in [1.165, 1.54) is 19.5 Å². The fourth-order valence-corrected chi connectivity index (χ4v) is 5.23. The normalized spacial score (nSPS) is 15.3. The summed E-state index contributed by atoms with van der Waals surface area (Å²) in [5.41, 5.74) is 5.81. The number of halogens is 2. The Bertz CT molecular complexity index is 1620. The number of pyridine rings is 1. The summed E-state index contributed by atoms with van der Waals surface area (Å²) in [7, 11) is 1.50. The molecule has 1 amide bonds. The van der Waals surface area contributed by atoms with Crippen molar-refractivity contribution in [3.8, 4) is 16.9 Å². The molecule has 0 aliphatic carbocycles. The smallest absolute Gasteiger partial charge is 0.273 e. The van der Waals surface area contributed by atoms with Gasteiger partial charge in [-0.15, -0.1) is 0 Å². The summed E-state index contributed by atoms with van der Waals surface area (Å²) in [4.78, 5) is 24.3. The van der Waals surface area contributed by atoms with Gasteiger partial charge in [-0.2, -0.15) is 0 Å². The van der Waals surface area contributed by atoms with Crippen LogP contribution < -0.4 is 20.1 Å². The van der Waals surface area contributed by atoms with Gasteiger partial charge < -0.3 is 14.4 Å². The number of hydrazine groups is 1. The van der Waals surface area contributed by atoms with E-state index in [1.807, 2.05) is 30.3 Å². The van der Waals surface area contributed by atoms with Gasteiger partial charge in [0.05, 0.1) is 42.2 Å². The van der Waals surface area contributed by atoms with Crippen molar-refractivity contribution in [2.45, 2.75) is 0 Å². The number of ether oxygens (including phenoxy) is 2. The number of rotatable bonds is 5. The van der Waals surface area contributed by atoms with Crippen molar-refractivity contribution in [2.75, 3.05) is 56.4 Å². The standard InChI is InChI=1S/C30H27F2N5O3/c1-33-17-19-15-20(31)16-23(27(19)32)21-5-4-6-22-28(21)34-18-24(29(22)36-9-12-39-13-10-36)30(38)35-37-11-14-40-26-8-3-2-7-25(26)37/h2-8,15-18H,9-14H2,1H3,(H,35,38). The second kappa shape index (κ2) is 10.9. The van der Waals surface area contributed by atoms with Gasteiger partial charge in [0, 0.05) is 54.6 Å². The Morgan fingerprint density at radius 2 is 1.85 bits per heavy atom. The average molecular weight is 544 g/mol. The predicted molar refractivity (Wildman–Crippen MR) is 150 cm³/mol. The third-order valence-corrected chi connectivity index (χ3v) is 7.03. The number of aliphatic imine (C=N–C) groups is 1. The van der Waals surface area contributed by atoms with E-state index in [2.05, 4.69) is 20.3 Å². The molecule has 3 heterocycles. The summed E-state index contributed by atoms with van der Waals surface area (Å²) < 4.78 is 41.3. The highest BCUT2D eigenvalue weighted by molar-refractivity contribution is 6.10. The molecule has 1 N–H and O–H groups in total. The molecule has 1 saturated heterocycles. The number of morpholine rings is 1. The van der Waals surface area contributed by atoms with Crippen molar-refractivity contribution in [2.24, 2.45) is 4.99 Å². The van der Waals surface area contributed by atoms with Crippen LogP contribution in [0.1, 0.15) is 15.9 Å². The Kier molecular flexibility index (Phi) is 7.00. The zero-order valence-corrected chi connectivity index (χ0v) is 21.9. The Labute approximate surface area is 229 Å². The molecule has 6 rings (SSSR count). The van der Waals surface area contributed by atoms with Crippen molar-refractivity contribution in [1.82, 2.24) is 10.4 Å². The molecular weight excluding hydrogens is 516 g/mol. The molecule has 1 aromatic heterocycles. The van der Waals surface area contributed by atoms with E-state index < -0.39 is 11.6 Å². The van der Waals surface area contributed by atoms with Gasteiger partial charge in [0.2, 0.25) is 0 Å². The van der Waals surface area contributed by atoms with Gasteiger partial charge in [0.1, 0.15) is 24.0 Å². The number of fused-ring (bicyclic) bond motifs is 2. The molecule has 4 aromatic rings. The summed E-state index contributed by atoms with van der Waals surface area (Å²) in [5, 5.41) is 2.42. The number of para-hydroxylation sites is 3. The lowest BCUT2D eigenvalue weighted by atomic mass is 9.97. The van der Waals surface area contributed by atoms with Crippen molar-refractivity contribution < 1.29 is 23.0 Å². The van der Waals surface area contributed by atoms with Crippen molar-refractivity contribution in [1.29, 1.82) is 0 Å². The van der Waals surface area contributed by atoms with Crippen LogP contribution in [0.5, 0.6) is 5.75 Å². The maximum atomic E-state index is 15.5. The Hall–Kier alpha value is -4.57. The number of nitrogens with zero attached hydrogens (tertiary/aromatic N) is 4. The SMILES string of the molecule is CN=Cc1cc(F)cc(-c2cccc3c(N4CCOCC4)c(C(=O)NN4CCOc5ccccc54)cnc23)c1F. The second-order valence-corrected chi connectivity index (χ2v) is 9.47. The van der Waals surface area contributed by atoms with Crippen LogP contribution in [0.15, 0.2) is 65.8 Å². The van der Waals surface area contributed by atoms with Gasteiger partial charge in [-0.25, -0.2) is 8.78 Å². The quantitative estimate of drug-likeness (QED) is 0.371. The van der Waals surface area contributed by atoms with Gasteiger partial charge in [0.25, 0.3) is 5.91 Å². The molecule has 0 bridgehead atoms. The molecule has 0 unspecified atom stereocenters. The van der Waals surface area contributed by atoms with Crippen molar-refractivity contribution in [3.05, 3.63) is 83.6 Å². The first-order valence-electron chi connectivity index (χ1n) is 13.0. The van der Waals surface area contributed by atoms with E-state index in [0.717, 1.165) is 17.8 Å². The zero-order valence-electron chi connectivity index (χ0n) is 21.9. The lowest BCUT2D eigenvalue weighted by Crippen LogP contribution is -2.47. The number of anilines is 2. The number of benzene rings is 3. The van der Waals surface area contributed by atoms with Crippen LogP contribution in [-0.2, 0) is 4.74 Å². The molecule has 10 heteroatoms. The molecule has 2 aliphatic heterocycles. The van der Waals surface area contributed by atoms with Crippen LogP contribution in [0.2, 0.25) is 0 Å². The summed E-state index contributed by atoms with van der Waals surface area (Å²) in [5.74, 6) is -0.828. The van der Waals surface area contributed by atoms with Crippen LogP contribution in [0.3, 0.4) is 0 Å². The molecule has 0 atom stereocenters. The van der Waals surface area contributed by atoms with Gasteiger partial charge >= 0.3 is 0 Å². The minimum absolute atomic E-state index is 0.0460. The van der Waals surface area contributed by atoms with Crippen LogP contribution in [0, 0.1) is 11.6 Å². The minimum Gasteiger partial charge on any atom is -0.489 e. The first kappa shape index (κ1) is 25.7. The Morgan fingerprint density at radius 1 is 1.02 bits per heavy atom. The lowest BCUT2D eigenvalue weighted by Gasteiger charge is -2.33. The van der Waals surface area contributed by atoms with Crippen molar-refractivity contribution in [3.63, 3.8) is 0 Å². The topological polar surface area (TPSA) is 79.3 Å². The van der Waals surface area contributed by atoms with E-state index in [9.17, 15) is 9.18 Å². The largest absolute Gasteiger partial charge is 0.489 e.